The van der Waals surface area contributed by atoms with Gasteiger partial charge in [0.25, 0.3) is 0 Å². The number of methoxy groups -OCH3 is 1. The van der Waals surface area contributed by atoms with Crippen molar-refractivity contribution in [1.82, 2.24) is 5.32 Å². The van der Waals surface area contributed by atoms with Crippen LogP contribution in [0, 0.1) is 11.3 Å². The predicted molar refractivity (Wildman–Crippen MR) is 96.1 cm³/mol. The van der Waals surface area contributed by atoms with Crippen LogP contribution in [-0.2, 0) is 14.3 Å². The first kappa shape index (κ1) is 19.4. The lowest BCUT2D eigenvalue weighted by Crippen LogP contribution is -2.47. The minimum absolute atomic E-state index is 0.108. The van der Waals surface area contributed by atoms with Crippen LogP contribution in [0.4, 0.5) is 0 Å². The Morgan fingerprint density at radius 3 is 2.44 bits per heavy atom. The second-order valence-corrected chi connectivity index (χ2v) is 7.21. The fraction of sp³-hybridized carbons (Fsp3) is 0.600. The molecule has 0 aliphatic heterocycles. The van der Waals surface area contributed by atoms with Crippen molar-refractivity contribution in [2.24, 2.45) is 11.3 Å². The maximum absolute atomic E-state index is 13.1. The van der Waals surface area contributed by atoms with Gasteiger partial charge in [-0.3, -0.25) is 9.59 Å². The third kappa shape index (κ3) is 5.05. The number of ether oxygens (including phenoxy) is 1. The zero-order valence-electron chi connectivity index (χ0n) is 15.2. The van der Waals surface area contributed by atoms with Gasteiger partial charge in [0.1, 0.15) is 0 Å². The van der Waals surface area contributed by atoms with Crippen LogP contribution in [0.1, 0.15) is 57.1 Å². The zero-order valence-corrected chi connectivity index (χ0v) is 15.2. The van der Waals surface area contributed by atoms with Gasteiger partial charge in [-0.1, -0.05) is 49.6 Å². The smallest absolute Gasteiger partial charge is 0.304 e. The van der Waals surface area contributed by atoms with Gasteiger partial charge in [-0.05, 0) is 31.2 Å². The molecule has 1 aromatic rings. The van der Waals surface area contributed by atoms with Gasteiger partial charge in [-0.2, -0.15) is 0 Å². The standard InChI is InChI=1S/C20H29NO4/c1-20(13-18(22)23,16-11-7-4-8-12-16)19(24)21-17(14-25-2)15-9-5-3-6-10-15/h3,5-6,9-10,16-17H,4,7-8,11-14H2,1-2H3,(H,21,24)(H,22,23). The normalized spacial score (nSPS) is 19.0. The van der Waals surface area contributed by atoms with Crippen molar-refractivity contribution in [3.05, 3.63) is 35.9 Å². The van der Waals surface area contributed by atoms with Gasteiger partial charge in [0.2, 0.25) is 5.91 Å². The summed E-state index contributed by atoms with van der Waals surface area (Å²) in [6.45, 7) is 2.16. The molecule has 1 fully saturated rings. The molecule has 2 rings (SSSR count). The van der Waals surface area contributed by atoms with Gasteiger partial charge < -0.3 is 15.2 Å². The van der Waals surface area contributed by atoms with Crippen LogP contribution < -0.4 is 5.32 Å². The molecule has 1 aliphatic rings. The first-order chi connectivity index (χ1) is 12.0. The zero-order chi connectivity index (χ0) is 18.3. The minimum atomic E-state index is -0.925. The number of hydrogen-bond donors (Lipinski definition) is 2. The van der Waals surface area contributed by atoms with E-state index in [0.717, 1.165) is 37.7 Å². The molecule has 138 valence electrons. The Morgan fingerprint density at radius 1 is 1.24 bits per heavy atom. The molecule has 0 spiro atoms. The molecular weight excluding hydrogens is 318 g/mol. The van der Waals surface area contributed by atoms with E-state index < -0.39 is 11.4 Å². The molecule has 0 bridgehead atoms. The molecule has 0 heterocycles. The van der Waals surface area contributed by atoms with Gasteiger partial charge >= 0.3 is 5.97 Å². The summed E-state index contributed by atoms with van der Waals surface area (Å²) in [5.74, 6) is -1.00. The van der Waals surface area contributed by atoms with E-state index in [2.05, 4.69) is 5.32 Å². The summed E-state index contributed by atoms with van der Waals surface area (Å²) >= 11 is 0. The number of carbonyl (C=O) groups excluding carboxylic acids is 1. The minimum Gasteiger partial charge on any atom is -0.481 e. The summed E-state index contributed by atoms with van der Waals surface area (Å²) in [5.41, 5.74) is 0.0616. The highest BCUT2D eigenvalue weighted by Crippen LogP contribution is 2.41. The number of amides is 1. The highest BCUT2D eigenvalue weighted by atomic mass is 16.5. The molecule has 2 atom stereocenters. The average Bonchev–Trinajstić information content (AvgIpc) is 2.62. The van der Waals surface area contributed by atoms with E-state index in [9.17, 15) is 14.7 Å². The number of rotatable bonds is 8. The van der Waals surface area contributed by atoms with E-state index in [-0.39, 0.29) is 24.3 Å². The van der Waals surface area contributed by atoms with Crippen LogP contribution in [0.3, 0.4) is 0 Å². The summed E-state index contributed by atoms with van der Waals surface area (Å²) in [5, 5.41) is 12.4. The summed E-state index contributed by atoms with van der Waals surface area (Å²) in [4.78, 5) is 24.6. The lowest BCUT2D eigenvalue weighted by molar-refractivity contribution is -0.148. The van der Waals surface area contributed by atoms with Crippen molar-refractivity contribution < 1.29 is 19.4 Å². The van der Waals surface area contributed by atoms with Crippen molar-refractivity contribution in [3.63, 3.8) is 0 Å². The SMILES string of the molecule is COCC(NC(=O)C(C)(CC(=O)O)C1CCCCC1)c1ccccc1. The molecule has 0 aromatic heterocycles. The number of hydrogen-bond acceptors (Lipinski definition) is 3. The number of carboxylic acids is 1. The first-order valence-corrected chi connectivity index (χ1v) is 9.04. The Balaban J connectivity index is 2.20. The molecule has 25 heavy (non-hydrogen) atoms. The van der Waals surface area contributed by atoms with Crippen molar-refractivity contribution in [3.8, 4) is 0 Å². The van der Waals surface area contributed by atoms with E-state index in [0.29, 0.717) is 6.61 Å². The Labute approximate surface area is 149 Å². The third-order valence-corrected chi connectivity index (χ3v) is 5.38. The van der Waals surface area contributed by atoms with Crippen LogP contribution in [-0.4, -0.2) is 30.7 Å². The number of nitrogens with one attached hydrogen (secondary N) is 1. The van der Waals surface area contributed by atoms with Crippen molar-refractivity contribution >= 4 is 11.9 Å². The van der Waals surface area contributed by atoms with E-state index in [1.165, 1.54) is 0 Å². The van der Waals surface area contributed by atoms with E-state index in [1.807, 2.05) is 30.3 Å². The summed E-state index contributed by atoms with van der Waals surface area (Å²) in [6, 6.07) is 9.36. The molecule has 0 radical (unpaired) electrons. The largest absolute Gasteiger partial charge is 0.481 e. The Bertz CT molecular complexity index is 568. The second kappa shape index (κ2) is 8.99. The lowest BCUT2D eigenvalue weighted by Gasteiger charge is -2.38. The van der Waals surface area contributed by atoms with Gasteiger partial charge in [-0.15, -0.1) is 0 Å². The van der Waals surface area contributed by atoms with Gasteiger partial charge in [-0.25, -0.2) is 0 Å². The Kier molecular flexibility index (Phi) is 7.00. The van der Waals surface area contributed by atoms with E-state index >= 15 is 0 Å². The third-order valence-electron chi connectivity index (χ3n) is 5.38. The van der Waals surface area contributed by atoms with Gasteiger partial charge in [0.05, 0.1) is 24.5 Å². The Morgan fingerprint density at radius 2 is 1.88 bits per heavy atom. The molecule has 1 aliphatic carbocycles. The van der Waals surface area contributed by atoms with E-state index in [1.54, 1.807) is 14.0 Å². The fourth-order valence-corrected chi connectivity index (χ4v) is 3.86. The monoisotopic (exact) mass is 347 g/mol. The molecule has 2 unspecified atom stereocenters. The predicted octanol–water partition coefficient (Wildman–Crippen LogP) is 3.55. The lowest BCUT2D eigenvalue weighted by atomic mass is 9.67. The van der Waals surface area contributed by atoms with Crippen LogP contribution in [0.25, 0.3) is 0 Å². The first-order valence-electron chi connectivity index (χ1n) is 9.04. The maximum atomic E-state index is 13.1. The van der Waals surface area contributed by atoms with E-state index in [4.69, 9.17) is 4.74 Å². The molecule has 1 saturated carbocycles. The molecule has 5 nitrogen and oxygen atoms in total. The summed E-state index contributed by atoms with van der Waals surface area (Å²) in [7, 11) is 1.60. The molecule has 0 saturated heterocycles. The second-order valence-electron chi connectivity index (χ2n) is 7.21. The van der Waals surface area contributed by atoms with Crippen molar-refractivity contribution in [1.29, 1.82) is 0 Å². The van der Waals surface area contributed by atoms with Crippen LogP contribution in [0.5, 0.6) is 0 Å². The molecule has 2 N–H and O–H groups in total. The van der Waals surface area contributed by atoms with Crippen molar-refractivity contribution in [2.45, 2.75) is 51.5 Å². The number of carboxylic acid groups (broad SMARTS) is 1. The van der Waals surface area contributed by atoms with Crippen LogP contribution in [0.15, 0.2) is 30.3 Å². The van der Waals surface area contributed by atoms with Gasteiger partial charge in [0.15, 0.2) is 0 Å². The molecular formula is C20H29NO4. The average molecular weight is 347 g/mol. The van der Waals surface area contributed by atoms with Crippen molar-refractivity contribution in [2.75, 3.05) is 13.7 Å². The number of carbonyl (C=O) groups is 2. The molecule has 1 aromatic carbocycles. The highest BCUT2D eigenvalue weighted by molar-refractivity contribution is 5.87. The quantitative estimate of drug-likeness (QED) is 0.754. The van der Waals surface area contributed by atoms with Crippen LogP contribution in [0.2, 0.25) is 0 Å². The highest BCUT2D eigenvalue weighted by Gasteiger charge is 2.43. The Hall–Kier alpha value is -1.88. The fourth-order valence-electron chi connectivity index (χ4n) is 3.86. The topological polar surface area (TPSA) is 75.6 Å². The molecule has 1 amide bonds. The van der Waals surface area contributed by atoms with Crippen LogP contribution >= 0.6 is 0 Å². The summed E-state index contributed by atoms with van der Waals surface area (Å²) < 4.78 is 5.27. The number of benzene rings is 1. The summed E-state index contributed by atoms with van der Waals surface area (Å²) in [6.07, 6.45) is 4.98. The number of aliphatic carboxylic acids is 1. The maximum Gasteiger partial charge on any atom is 0.304 e. The molecule has 5 heteroatoms. The van der Waals surface area contributed by atoms with Gasteiger partial charge in [0, 0.05) is 7.11 Å².